The van der Waals surface area contributed by atoms with E-state index in [-0.39, 0.29) is 11.5 Å². The predicted molar refractivity (Wildman–Crippen MR) is 40.8 cm³/mol. The number of methoxy groups -OCH3 is 2. The summed E-state index contributed by atoms with van der Waals surface area (Å²) in [6, 6.07) is 3.20. The molecule has 66 valence electrons. The summed E-state index contributed by atoms with van der Waals surface area (Å²) in [6.45, 7) is 0. The average Bonchev–Trinajstić information content (AvgIpc) is 2.58. The molecular formula is C8H10O4. The Balaban J connectivity index is 2.70. The van der Waals surface area contributed by atoms with Gasteiger partial charge < -0.3 is 13.9 Å². The van der Waals surface area contributed by atoms with E-state index < -0.39 is 6.29 Å². The van der Waals surface area contributed by atoms with E-state index in [0.29, 0.717) is 0 Å². The van der Waals surface area contributed by atoms with Crippen LogP contribution in [0.2, 0.25) is 0 Å². The van der Waals surface area contributed by atoms with Crippen LogP contribution in [0.1, 0.15) is 10.6 Å². The number of furan rings is 1. The van der Waals surface area contributed by atoms with E-state index in [1.807, 2.05) is 0 Å². The van der Waals surface area contributed by atoms with Crippen molar-refractivity contribution < 1.29 is 18.7 Å². The second-order valence-corrected chi connectivity index (χ2v) is 2.14. The molecule has 12 heavy (non-hydrogen) atoms. The fraction of sp³-hybridized carbons (Fsp3) is 0.375. The zero-order valence-corrected chi connectivity index (χ0v) is 6.94. The second kappa shape index (κ2) is 4.04. The van der Waals surface area contributed by atoms with E-state index in [1.54, 1.807) is 12.1 Å². The van der Waals surface area contributed by atoms with Gasteiger partial charge in [-0.15, -0.1) is 0 Å². The third kappa shape index (κ3) is 1.72. The summed E-state index contributed by atoms with van der Waals surface area (Å²) in [6.07, 6.45) is 0.548. The highest BCUT2D eigenvalue weighted by Gasteiger charge is 2.20. The maximum Gasteiger partial charge on any atom is 0.253 e. The van der Waals surface area contributed by atoms with Gasteiger partial charge in [0, 0.05) is 14.2 Å². The van der Waals surface area contributed by atoms with Crippen LogP contribution in [0.3, 0.4) is 0 Å². The fourth-order valence-electron chi connectivity index (χ4n) is 0.845. The van der Waals surface area contributed by atoms with Crippen LogP contribution in [-0.4, -0.2) is 26.3 Å². The first-order valence-electron chi connectivity index (χ1n) is 3.43. The smallest absolute Gasteiger partial charge is 0.253 e. The van der Waals surface area contributed by atoms with Gasteiger partial charge in [-0.1, -0.05) is 0 Å². The van der Waals surface area contributed by atoms with Gasteiger partial charge >= 0.3 is 0 Å². The zero-order valence-electron chi connectivity index (χ0n) is 6.94. The van der Waals surface area contributed by atoms with Gasteiger partial charge in [-0.05, 0) is 12.1 Å². The Morgan fingerprint density at radius 1 is 1.50 bits per heavy atom. The minimum atomic E-state index is -0.879. The molecule has 0 aliphatic rings. The molecule has 0 N–H and O–H groups in total. The van der Waals surface area contributed by atoms with Crippen molar-refractivity contribution in [3.8, 4) is 0 Å². The summed E-state index contributed by atoms with van der Waals surface area (Å²) < 4.78 is 14.4. The molecule has 0 aliphatic heterocycles. The number of rotatable bonds is 4. The first-order chi connectivity index (χ1) is 5.79. The summed E-state index contributed by atoms with van der Waals surface area (Å²) in [5, 5.41) is 0. The monoisotopic (exact) mass is 170 g/mol. The SMILES string of the molecule is COC(OC)C(=O)c1ccco1. The highest BCUT2D eigenvalue weighted by atomic mass is 16.7. The van der Waals surface area contributed by atoms with Crippen molar-refractivity contribution in [1.82, 2.24) is 0 Å². The molecule has 1 aromatic heterocycles. The first kappa shape index (κ1) is 8.96. The average molecular weight is 170 g/mol. The van der Waals surface area contributed by atoms with Crippen molar-refractivity contribution in [2.45, 2.75) is 6.29 Å². The van der Waals surface area contributed by atoms with Gasteiger partial charge in [0.15, 0.2) is 5.76 Å². The Labute approximate surface area is 70.1 Å². The lowest BCUT2D eigenvalue weighted by Crippen LogP contribution is -2.24. The lowest BCUT2D eigenvalue weighted by molar-refractivity contribution is -0.0753. The minimum absolute atomic E-state index is 0.240. The van der Waals surface area contributed by atoms with Crippen LogP contribution in [0.4, 0.5) is 0 Å². The summed E-state index contributed by atoms with van der Waals surface area (Å²) in [5.74, 6) is -0.0753. The summed E-state index contributed by atoms with van der Waals surface area (Å²) in [7, 11) is 2.80. The lowest BCUT2D eigenvalue weighted by Gasteiger charge is -2.09. The van der Waals surface area contributed by atoms with E-state index in [2.05, 4.69) is 0 Å². The van der Waals surface area contributed by atoms with Crippen LogP contribution in [0.5, 0.6) is 0 Å². The number of hydrogen-bond acceptors (Lipinski definition) is 4. The van der Waals surface area contributed by atoms with E-state index >= 15 is 0 Å². The van der Waals surface area contributed by atoms with Crippen LogP contribution in [0, 0.1) is 0 Å². The molecule has 0 atom stereocenters. The predicted octanol–water partition coefficient (Wildman–Crippen LogP) is 1.08. The van der Waals surface area contributed by atoms with Crippen molar-refractivity contribution in [2.75, 3.05) is 14.2 Å². The van der Waals surface area contributed by atoms with Gasteiger partial charge in [-0.3, -0.25) is 4.79 Å². The Morgan fingerprint density at radius 3 is 2.58 bits per heavy atom. The Hall–Kier alpha value is -1.13. The van der Waals surface area contributed by atoms with Crippen LogP contribution < -0.4 is 0 Å². The number of hydrogen-bond donors (Lipinski definition) is 0. The van der Waals surface area contributed by atoms with Crippen LogP contribution in [0.15, 0.2) is 22.8 Å². The number of carbonyl (C=O) groups excluding carboxylic acids is 1. The quantitative estimate of drug-likeness (QED) is 0.501. The zero-order chi connectivity index (χ0) is 8.97. The maximum atomic E-state index is 11.3. The van der Waals surface area contributed by atoms with E-state index in [0.717, 1.165) is 0 Å². The molecule has 0 aromatic carbocycles. The van der Waals surface area contributed by atoms with Gasteiger partial charge in [-0.2, -0.15) is 0 Å². The molecule has 4 nitrogen and oxygen atoms in total. The third-order valence-corrected chi connectivity index (χ3v) is 1.41. The molecule has 0 bridgehead atoms. The van der Waals surface area contributed by atoms with Crippen LogP contribution >= 0.6 is 0 Å². The molecular weight excluding hydrogens is 160 g/mol. The van der Waals surface area contributed by atoms with Gasteiger partial charge in [0.1, 0.15) is 0 Å². The van der Waals surface area contributed by atoms with E-state index in [4.69, 9.17) is 13.9 Å². The van der Waals surface area contributed by atoms with Gasteiger partial charge in [0.25, 0.3) is 5.78 Å². The third-order valence-electron chi connectivity index (χ3n) is 1.41. The normalized spacial score (nSPS) is 10.6. The molecule has 0 fully saturated rings. The van der Waals surface area contributed by atoms with Crippen molar-refractivity contribution in [2.24, 2.45) is 0 Å². The number of carbonyl (C=O) groups is 1. The van der Waals surface area contributed by atoms with Crippen molar-refractivity contribution in [3.63, 3.8) is 0 Å². The molecule has 4 heteroatoms. The minimum Gasteiger partial charge on any atom is -0.461 e. The first-order valence-corrected chi connectivity index (χ1v) is 3.43. The highest BCUT2D eigenvalue weighted by molar-refractivity contribution is 5.96. The standard InChI is InChI=1S/C8H10O4/c1-10-8(11-2)7(9)6-4-3-5-12-6/h3-5,8H,1-2H3. The van der Waals surface area contributed by atoms with Crippen LogP contribution in [-0.2, 0) is 9.47 Å². The summed E-state index contributed by atoms with van der Waals surface area (Å²) in [4.78, 5) is 11.3. The van der Waals surface area contributed by atoms with E-state index in [1.165, 1.54) is 20.5 Å². The maximum absolute atomic E-state index is 11.3. The largest absolute Gasteiger partial charge is 0.461 e. The van der Waals surface area contributed by atoms with Crippen LogP contribution in [0.25, 0.3) is 0 Å². The fourth-order valence-corrected chi connectivity index (χ4v) is 0.845. The van der Waals surface area contributed by atoms with Crippen molar-refractivity contribution in [3.05, 3.63) is 24.2 Å². The summed E-state index contributed by atoms with van der Waals surface area (Å²) in [5.41, 5.74) is 0. The Bertz CT molecular complexity index is 236. The Morgan fingerprint density at radius 2 is 2.17 bits per heavy atom. The number of Topliss-reactive ketones (excluding diaryl/α,β-unsaturated/α-hetero) is 1. The van der Waals surface area contributed by atoms with Crippen molar-refractivity contribution >= 4 is 5.78 Å². The highest BCUT2D eigenvalue weighted by Crippen LogP contribution is 2.06. The molecule has 0 spiro atoms. The molecule has 0 saturated heterocycles. The second-order valence-electron chi connectivity index (χ2n) is 2.14. The number of ether oxygens (including phenoxy) is 2. The topological polar surface area (TPSA) is 48.7 Å². The summed E-state index contributed by atoms with van der Waals surface area (Å²) >= 11 is 0. The Kier molecular flexibility index (Phi) is 3.01. The molecule has 1 rings (SSSR count). The van der Waals surface area contributed by atoms with E-state index in [9.17, 15) is 4.79 Å². The molecule has 1 aromatic rings. The molecule has 0 saturated carbocycles. The number of ketones is 1. The van der Waals surface area contributed by atoms with Gasteiger partial charge in [-0.25, -0.2) is 0 Å². The molecule has 1 heterocycles. The van der Waals surface area contributed by atoms with Gasteiger partial charge in [0.2, 0.25) is 6.29 Å². The molecule has 0 aliphatic carbocycles. The molecule has 0 amide bonds. The van der Waals surface area contributed by atoms with Gasteiger partial charge in [0.05, 0.1) is 6.26 Å². The van der Waals surface area contributed by atoms with Crippen molar-refractivity contribution in [1.29, 1.82) is 0 Å². The molecule has 0 unspecified atom stereocenters. The lowest BCUT2D eigenvalue weighted by atomic mass is 10.3. The molecule has 0 radical (unpaired) electrons.